The van der Waals surface area contributed by atoms with Crippen molar-refractivity contribution in [3.05, 3.63) is 28.5 Å². The molecule has 1 N–H and O–H groups in total. The lowest BCUT2D eigenvalue weighted by atomic mass is 10.3. The maximum Gasteiger partial charge on any atom is 0.434 e. The third-order valence-corrected chi connectivity index (χ3v) is 2.55. The van der Waals surface area contributed by atoms with E-state index in [1.807, 2.05) is 16.5 Å². The highest BCUT2D eigenvalue weighted by Crippen LogP contribution is 2.21. The Bertz CT molecular complexity index is 621. The van der Waals surface area contributed by atoms with Crippen LogP contribution in [0.25, 0.3) is 0 Å². The van der Waals surface area contributed by atoms with E-state index in [-0.39, 0.29) is 0 Å². The van der Waals surface area contributed by atoms with E-state index in [0.717, 1.165) is 11.5 Å². The molecule has 2 aromatic rings. The van der Waals surface area contributed by atoms with Crippen LogP contribution in [0.3, 0.4) is 0 Å². The van der Waals surface area contributed by atoms with Crippen LogP contribution < -0.4 is 5.76 Å². The average Bonchev–Trinajstić information content (AvgIpc) is 2.87. The van der Waals surface area contributed by atoms with E-state index >= 15 is 0 Å². The SMILES string of the molecule is Cn1cnc2c1CN(Cc1n[nH]c(=O)o1)C=N2. The minimum absolute atomic E-state index is 0.340. The number of aryl methyl sites for hydroxylation is 1. The minimum atomic E-state index is -0.546. The van der Waals surface area contributed by atoms with Crippen LogP contribution in [0.1, 0.15) is 11.6 Å². The topological polar surface area (TPSA) is 92.3 Å². The Kier molecular flexibility index (Phi) is 2.07. The fourth-order valence-electron chi connectivity index (χ4n) is 1.70. The number of imidazole rings is 1. The molecule has 8 nitrogen and oxygen atoms in total. The summed E-state index contributed by atoms with van der Waals surface area (Å²) in [6.07, 6.45) is 3.39. The number of rotatable bonds is 2. The molecule has 0 radical (unpaired) electrons. The van der Waals surface area contributed by atoms with Gasteiger partial charge in [0.05, 0.1) is 31.4 Å². The van der Waals surface area contributed by atoms with E-state index in [2.05, 4.69) is 20.2 Å². The van der Waals surface area contributed by atoms with Gasteiger partial charge in [-0.25, -0.2) is 19.9 Å². The van der Waals surface area contributed by atoms with Crippen LogP contribution >= 0.6 is 0 Å². The molecule has 8 heteroatoms. The van der Waals surface area contributed by atoms with Crippen molar-refractivity contribution >= 4 is 12.2 Å². The molecule has 0 spiro atoms. The van der Waals surface area contributed by atoms with Gasteiger partial charge in [-0.05, 0) is 0 Å². The molecule has 0 bridgehead atoms. The number of H-pyrrole nitrogens is 1. The predicted octanol–water partition coefficient (Wildman–Crippen LogP) is -0.228. The van der Waals surface area contributed by atoms with Gasteiger partial charge in [0.25, 0.3) is 0 Å². The smallest absolute Gasteiger partial charge is 0.391 e. The summed E-state index contributed by atoms with van der Waals surface area (Å²) >= 11 is 0. The number of hydrogen-bond acceptors (Lipinski definition) is 6. The van der Waals surface area contributed by atoms with Crippen molar-refractivity contribution in [3.8, 4) is 0 Å². The molecule has 0 atom stereocenters. The van der Waals surface area contributed by atoms with E-state index in [1.165, 1.54) is 0 Å². The number of nitrogens with zero attached hydrogens (tertiary/aromatic N) is 5. The molecule has 0 amide bonds. The van der Waals surface area contributed by atoms with Crippen molar-refractivity contribution in [2.45, 2.75) is 13.1 Å². The molecule has 0 fully saturated rings. The zero-order valence-corrected chi connectivity index (χ0v) is 9.12. The summed E-state index contributed by atoms with van der Waals surface area (Å²) in [5, 5.41) is 5.97. The van der Waals surface area contributed by atoms with Gasteiger partial charge in [0.1, 0.15) is 0 Å². The quantitative estimate of drug-likeness (QED) is 0.775. The Balaban J connectivity index is 1.80. The molecule has 3 heterocycles. The molecule has 0 saturated carbocycles. The summed E-state index contributed by atoms with van der Waals surface area (Å²) < 4.78 is 6.75. The zero-order chi connectivity index (χ0) is 11.8. The van der Waals surface area contributed by atoms with E-state index in [1.54, 1.807) is 12.7 Å². The summed E-state index contributed by atoms with van der Waals surface area (Å²) in [5.74, 6) is 0.523. The molecular weight excluding hydrogens is 224 g/mol. The highest BCUT2D eigenvalue weighted by atomic mass is 16.4. The van der Waals surface area contributed by atoms with Crippen molar-refractivity contribution in [1.29, 1.82) is 0 Å². The molecule has 88 valence electrons. The Labute approximate surface area is 95.6 Å². The van der Waals surface area contributed by atoms with Gasteiger partial charge in [-0.15, -0.1) is 5.10 Å². The maximum absolute atomic E-state index is 10.8. The minimum Gasteiger partial charge on any atom is -0.391 e. The molecule has 3 rings (SSSR count). The van der Waals surface area contributed by atoms with Crippen molar-refractivity contribution in [3.63, 3.8) is 0 Å². The summed E-state index contributed by atoms with van der Waals surface area (Å²) in [4.78, 5) is 21.0. The van der Waals surface area contributed by atoms with Crippen LogP contribution in [0, 0.1) is 0 Å². The third kappa shape index (κ3) is 1.73. The predicted molar refractivity (Wildman–Crippen MR) is 57.7 cm³/mol. The third-order valence-electron chi connectivity index (χ3n) is 2.55. The standard InChI is InChI=1S/C9H10N6O2/c1-14-4-10-8-6(14)2-15(5-11-8)3-7-12-13-9(16)17-7/h4-5H,2-3H2,1H3,(H,13,16). The maximum atomic E-state index is 10.8. The lowest BCUT2D eigenvalue weighted by molar-refractivity contribution is 0.339. The number of aromatic nitrogens is 4. The first kappa shape index (κ1) is 9.82. The first-order chi connectivity index (χ1) is 8.22. The number of aliphatic imine (C=N–C) groups is 1. The molecule has 2 aromatic heterocycles. The van der Waals surface area contributed by atoms with E-state index in [4.69, 9.17) is 4.42 Å². The Morgan fingerprint density at radius 2 is 2.47 bits per heavy atom. The second kappa shape index (κ2) is 3.58. The van der Waals surface area contributed by atoms with Crippen molar-refractivity contribution in [2.24, 2.45) is 12.0 Å². The van der Waals surface area contributed by atoms with E-state index in [0.29, 0.717) is 19.0 Å². The zero-order valence-electron chi connectivity index (χ0n) is 9.12. The summed E-state index contributed by atoms with van der Waals surface area (Å²) in [5.41, 5.74) is 1.02. The lowest BCUT2D eigenvalue weighted by Crippen LogP contribution is -2.24. The summed E-state index contributed by atoms with van der Waals surface area (Å²) in [6, 6.07) is 0. The molecule has 1 aliphatic rings. The van der Waals surface area contributed by atoms with Gasteiger partial charge in [-0.3, -0.25) is 0 Å². The highest BCUT2D eigenvalue weighted by Gasteiger charge is 2.17. The number of nitrogens with one attached hydrogen (secondary N) is 1. The van der Waals surface area contributed by atoms with Gasteiger partial charge in [-0.2, -0.15) is 0 Å². The summed E-state index contributed by atoms with van der Waals surface area (Å²) in [6.45, 7) is 1.05. The monoisotopic (exact) mass is 234 g/mol. The Morgan fingerprint density at radius 3 is 3.24 bits per heavy atom. The van der Waals surface area contributed by atoms with Gasteiger partial charge >= 0.3 is 5.76 Å². The Morgan fingerprint density at radius 1 is 1.59 bits per heavy atom. The highest BCUT2D eigenvalue weighted by molar-refractivity contribution is 5.63. The largest absolute Gasteiger partial charge is 0.434 e. The van der Waals surface area contributed by atoms with Crippen LogP contribution in [-0.2, 0) is 20.1 Å². The average molecular weight is 234 g/mol. The van der Waals surface area contributed by atoms with Crippen LogP contribution in [0.2, 0.25) is 0 Å². The van der Waals surface area contributed by atoms with Gasteiger partial charge < -0.3 is 13.9 Å². The number of fused-ring (bicyclic) bond motifs is 1. The molecule has 0 unspecified atom stereocenters. The number of hydrogen-bond donors (Lipinski definition) is 1. The molecule has 17 heavy (non-hydrogen) atoms. The first-order valence-electron chi connectivity index (χ1n) is 5.05. The van der Waals surface area contributed by atoms with E-state index < -0.39 is 5.76 Å². The van der Waals surface area contributed by atoms with Gasteiger partial charge in [0.15, 0.2) is 5.82 Å². The van der Waals surface area contributed by atoms with Gasteiger partial charge in [0.2, 0.25) is 5.89 Å². The Hall–Kier alpha value is -2.38. The van der Waals surface area contributed by atoms with Gasteiger partial charge in [-0.1, -0.05) is 0 Å². The molecule has 1 aliphatic heterocycles. The summed E-state index contributed by atoms with van der Waals surface area (Å²) in [7, 11) is 1.92. The number of aromatic amines is 1. The fraction of sp³-hybridized carbons (Fsp3) is 0.333. The second-order valence-corrected chi connectivity index (χ2v) is 3.78. The second-order valence-electron chi connectivity index (χ2n) is 3.78. The van der Waals surface area contributed by atoms with Crippen LogP contribution in [0.5, 0.6) is 0 Å². The van der Waals surface area contributed by atoms with Crippen molar-refractivity contribution in [1.82, 2.24) is 24.6 Å². The fourth-order valence-corrected chi connectivity index (χ4v) is 1.70. The van der Waals surface area contributed by atoms with Crippen LogP contribution in [0.15, 0.2) is 20.5 Å². The van der Waals surface area contributed by atoms with Crippen LogP contribution in [0.4, 0.5) is 5.82 Å². The normalized spacial score (nSPS) is 14.1. The molecule has 0 aliphatic carbocycles. The molecular formula is C9H10N6O2. The first-order valence-corrected chi connectivity index (χ1v) is 5.05. The van der Waals surface area contributed by atoms with Gasteiger partial charge in [0, 0.05) is 7.05 Å². The molecule has 0 saturated heterocycles. The van der Waals surface area contributed by atoms with E-state index in [9.17, 15) is 4.79 Å². The lowest BCUT2D eigenvalue weighted by Gasteiger charge is -2.20. The van der Waals surface area contributed by atoms with Crippen molar-refractivity contribution in [2.75, 3.05) is 0 Å². The van der Waals surface area contributed by atoms with Crippen LogP contribution in [-0.4, -0.2) is 31.0 Å². The molecule has 0 aromatic carbocycles. The van der Waals surface area contributed by atoms with Crippen molar-refractivity contribution < 1.29 is 4.42 Å².